The molecule has 3 nitrogen and oxygen atoms in total. The fourth-order valence-corrected chi connectivity index (χ4v) is 1.50. The van der Waals surface area contributed by atoms with Crippen molar-refractivity contribution in [2.24, 2.45) is 0 Å². The Morgan fingerprint density at radius 1 is 1.46 bits per heavy atom. The van der Waals surface area contributed by atoms with Crippen molar-refractivity contribution in [3.8, 4) is 0 Å². The quantitative estimate of drug-likeness (QED) is 0.692. The van der Waals surface area contributed by atoms with Gasteiger partial charge < -0.3 is 4.90 Å². The first-order valence-corrected chi connectivity index (χ1v) is 4.52. The number of hydrogen-bond donors (Lipinski definition) is 0. The minimum absolute atomic E-state index is 0.361. The monoisotopic (exact) mass is 201 g/mol. The number of hydrogen-bond acceptors (Lipinski definition) is 3. The summed E-state index contributed by atoms with van der Waals surface area (Å²) in [7, 11) is 0. The largest absolute Gasteiger partial charge is 0.352 e. The molecule has 70 valence electrons. The summed E-state index contributed by atoms with van der Waals surface area (Å²) in [4.78, 5) is 1.87. The van der Waals surface area contributed by atoms with Crippen molar-refractivity contribution >= 4 is 17.4 Å². The molecule has 0 aliphatic carbocycles. The van der Waals surface area contributed by atoms with E-state index in [0.29, 0.717) is 30.5 Å². The second kappa shape index (κ2) is 3.46. The van der Waals surface area contributed by atoms with Crippen LogP contribution in [0.5, 0.6) is 0 Å². The molecule has 1 fully saturated rings. The molecule has 1 aromatic rings. The number of rotatable bonds is 1. The van der Waals surface area contributed by atoms with Crippen LogP contribution in [-0.4, -0.2) is 29.5 Å². The van der Waals surface area contributed by atoms with Gasteiger partial charge in [0.15, 0.2) is 11.0 Å². The van der Waals surface area contributed by atoms with E-state index in [1.54, 1.807) is 12.1 Å². The lowest BCUT2D eigenvalue weighted by atomic mass is 10.3. The van der Waals surface area contributed by atoms with E-state index in [-0.39, 0.29) is 0 Å². The van der Waals surface area contributed by atoms with Crippen LogP contribution in [0.15, 0.2) is 12.1 Å². The number of halogens is 2. The highest BCUT2D eigenvalue weighted by Crippen LogP contribution is 2.19. The smallest absolute Gasteiger partial charge is 0.151 e. The van der Waals surface area contributed by atoms with Crippen LogP contribution >= 0.6 is 11.6 Å². The number of anilines is 1. The van der Waals surface area contributed by atoms with Gasteiger partial charge in [-0.05, 0) is 18.6 Å². The van der Waals surface area contributed by atoms with Gasteiger partial charge in [0.25, 0.3) is 0 Å². The van der Waals surface area contributed by atoms with Gasteiger partial charge in [0.2, 0.25) is 0 Å². The van der Waals surface area contributed by atoms with E-state index in [1.807, 2.05) is 4.90 Å². The molecule has 0 spiro atoms. The molecular formula is C8H9ClFN3. The molecule has 1 atom stereocenters. The summed E-state index contributed by atoms with van der Waals surface area (Å²) >= 11 is 5.58. The minimum atomic E-state index is -0.738. The SMILES string of the molecule is F[C@@H]1CCN(c2ccc(Cl)nn2)C1. The zero-order valence-corrected chi connectivity index (χ0v) is 7.71. The van der Waals surface area contributed by atoms with Gasteiger partial charge >= 0.3 is 0 Å². The van der Waals surface area contributed by atoms with E-state index in [0.717, 1.165) is 0 Å². The van der Waals surface area contributed by atoms with Crippen molar-refractivity contribution in [2.45, 2.75) is 12.6 Å². The van der Waals surface area contributed by atoms with E-state index < -0.39 is 6.17 Å². The summed E-state index contributed by atoms with van der Waals surface area (Å²) in [6.07, 6.45) is -0.165. The summed E-state index contributed by atoms with van der Waals surface area (Å²) in [5.74, 6) is 0.699. The van der Waals surface area contributed by atoms with Crippen LogP contribution in [0.3, 0.4) is 0 Å². The molecule has 0 amide bonds. The van der Waals surface area contributed by atoms with Gasteiger partial charge in [0.1, 0.15) is 6.17 Å². The summed E-state index contributed by atoms with van der Waals surface area (Å²) in [5.41, 5.74) is 0. The van der Waals surface area contributed by atoms with Gasteiger partial charge in [-0.25, -0.2) is 4.39 Å². The molecule has 1 aromatic heterocycles. The van der Waals surface area contributed by atoms with Gasteiger partial charge in [-0.15, -0.1) is 10.2 Å². The molecule has 2 heterocycles. The van der Waals surface area contributed by atoms with Crippen LogP contribution < -0.4 is 4.90 Å². The fourth-order valence-electron chi connectivity index (χ4n) is 1.40. The van der Waals surface area contributed by atoms with Gasteiger partial charge in [0.05, 0.1) is 6.54 Å². The first-order valence-electron chi connectivity index (χ1n) is 4.14. The predicted molar refractivity (Wildman–Crippen MR) is 48.8 cm³/mol. The Balaban J connectivity index is 2.13. The molecule has 0 radical (unpaired) electrons. The lowest BCUT2D eigenvalue weighted by molar-refractivity contribution is 0.364. The van der Waals surface area contributed by atoms with Crippen molar-refractivity contribution < 1.29 is 4.39 Å². The minimum Gasteiger partial charge on any atom is -0.352 e. The van der Waals surface area contributed by atoms with Crippen molar-refractivity contribution in [3.63, 3.8) is 0 Å². The Kier molecular flexibility index (Phi) is 2.31. The average Bonchev–Trinajstić information content (AvgIpc) is 2.53. The van der Waals surface area contributed by atoms with Crippen LogP contribution in [0.1, 0.15) is 6.42 Å². The first kappa shape index (κ1) is 8.69. The third-order valence-electron chi connectivity index (χ3n) is 2.07. The molecule has 1 saturated heterocycles. The third-order valence-corrected chi connectivity index (χ3v) is 2.27. The molecule has 0 unspecified atom stereocenters. The van der Waals surface area contributed by atoms with Crippen molar-refractivity contribution in [2.75, 3.05) is 18.0 Å². The average molecular weight is 202 g/mol. The normalized spacial score (nSPS) is 22.3. The summed E-state index contributed by atoms with van der Waals surface area (Å²) < 4.78 is 12.8. The van der Waals surface area contributed by atoms with E-state index in [2.05, 4.69) is 10.2 Å². The Hall–Kier alpha value is -0.900. The highest BCUT2D eigenvalue weighted by Gasteiger charge is 2.22. The molecule has 0 aromatic carbocycles. The maximum Gasteiger partial charge on any atom is 0.151 e. The predicted octanol–water partition coefficient (Wildman–Crippen LogP) is 1.68. The molecule has 0 saturated carbocycles. The highest BCUT2D eigenvalue weighted by molar-refractivity contribution is 6.29. The lowest BCUT2D eigenvalue weighted by Gasteiger charge is -2.14. The highest BCUT2D eigenvalue weighted by atomic mass is 35.5. The molecular weight excluding hydrogens is 193 g/mol. The third kappa shape index (κ3) is 1.88. The van der Waals surface area contributed by atoms with Crippen LogP contribution in [-0.2, 0) is 0 Å². The lowest BCUT2D eigenvalue weighted by Crippen LogP contribution is -2.21. The molecule has 1 aliphatic rings. The Morgan fingerprint density at radius 2 is 2.31 bits per heavy atom. The zero-order valence-electron chi connectivity index (χ0n) is 6.95. The van der Waals surface area contributed by atoms with Gasteiger partial charge in [-0.1, -0.05) is 11.6 Å². The summed E-state index contributed by atoms with van der Waals surface area (Å²) in [6, 6.07) is 3.42. The molecule has 2 rings (SSSR count). The molecule has 13 heavy (non-hydrogen) atoms. The molecule has 0 N–H and O–H groups in total. The van der Waals surface area contributed by atoms with E-state index >= 15 is 0 Å². The van der Waals surface area contributed by atoms with Gasteiger partial charge in [0, 0.05) is 6.54 Å². The van der Waals surface area contributed by atoms with Crippen molar-refractivity contribution in [1.29, 1.82) is 0 Å². The van der Waals surface area contributed by atoms with Gasteiger partial charge in [-0.3, -0.25) is 0 Å². The zero-order chi connectivity index (χ0) is 9.26. The Labute approximate surface area is 80.5 Å². The Morgan fingerprint density at radius 3 is 2.85 bits per heavy atom. The number of aromatic nitrogens is 2. The van der Waals surface area contributed by atoms with Crippen LogP contribution in [0.4, 0.5) is 10.2 Å². The summed E-state index contributed by atoms with van der Waals surface area (Å²) in [5, 5.41) is 7.93. The maximum absolute atomic E-state index is 12.8. The number of alkyl halides is 1. The standard InChI is InChI=1S/C8H9ClFN3/c9-7-1-2-8(12-11-7)13-4-3-6(10)5-13/h1-2,6H,3-5H2/t6-/m1/s1. The fraction of sp³-hybridized carbons (Fsp3) is 0.500. The topological polar surface area (TPSA) is 29.0 Å². The van der Waals surface area contributed by atoms with Crippen LogP contribution in [0.25, 0.3) is 0 Å². The first-order chi connectivity index (χ1) is 6.25. The summed E-state index contributed by atoms with van der Waals surface area (Å²) in [6.45, 7) is 1.12. The second-order valence-corrected chi connectivity index (χ2v) is 3.43. The molecule has 5 heteroatoms. The molecule has 0 bridgehead atoms. The van der Waals surface area contributed by atoms with Gasteiger partial charge in [-0.2, -0.15) is 0 Å². The second-order valence-electron chi connectivity index (χ2n) is 3.05. The van der Waals surface area contributed by atoms with Crippen LogP contribution in [0.2, 0.25) is 5.15 Å². The van der Waals surface area contributed by atoms with Crippen molar-refractivity contribution in [1.82, 2.24) is 10.2 Å². The van der Waals surface area contributed by atoms with E-state index in [4.69, 9.17) is 11.6 Å². The van der Waals surface area contributed by atoms with E-state index in [9.17, 15) is 4.39 Å². The van der Waals surface area contributed by atoms with Crippen molar-refractivity contribution in [3.05, 3.63) is 17.3 Å². The Bertz CT molecular complexity index is 290. The van der Waals surface area contributed by atoms with Crippen LogP contribution in [0, 0.1) is 0 Å². The number of nitrogens with zero attached hydrogens (tertiary/aromatic N) is 3. The molecule has 1 aliphatic heterocycles. The maximum atomic E-state index is 12.8. The van der Waals surface area contributed by atoms with E-state index in [1.165, 1.54) is 0 Å².